The van der Waals surface area contributed by atoms with Gasteiger partial charge in [0, 0.05) is 6.54 Å². The highest BCUT2D eigenvalue weighted by Crippen LogP contribution is 2.00. The second-order valence-electron chi connectivity index (χ2n) is 4.62. The molecule has 1 amide bonds. The van der Waals surface area contributed by atoms with Gasteiger partial charge in [0.15, 0.2) is 0 Å². The third kappa shape index (κ3) is 9.40. The lowest BCUT2D eigenvalue weighted by atomic mass is 10.1. The summed E-state index contributed by atoms with van der Waals surface area (Å²) in [6.45, 7) is 1.11. The standard InChI is InChI=1S/C12H26N4O3/c13-7-3-1-5-9(14)11(17)16-8-4-2-6-10(15)12(18)19/h9-10H,1-8,13-15H2,(H,16,17)(H,18,19). The first-order valence-corrected chi connectivity index (χ1v) is 6.70. The van der Waals surface area contributed by atoms with E-state index in [0.29, 0.717) is 38.8 Å². The first kappa shape index (κ1) is 17.8. The van der Waals surface area contributed by atoms with Gasteiger partial charge in [0.1, 0.15) is 6.04 Å². The molecular weight excluding hydrogens is 248 g/mol. The SMILES string of the molecule is NCCCCC(N)C(=O)NCCCCC(N)C(=O)O. The van der Waals surface area contributed by atoms with Crippen LogP contribution in [0.15, 0.2) is 0 Å². The summed E-state index contributed by atoms with van der Waals surface area (Å²) in [7, 11) is 0. The number of nitrogens with two attached hydrogens (primary N) is 3. The van der Waals surface area contributed by atoms with Crippen LogP contribution >= 0.6 is 0 Å². The second-order valence-corrected chi connectivity index (χ2v) is 4.62. The van der Waals surface area contributed by atoms with Gasteiger partial charge in [-0.3, -0.25) is 9.59 Å². The summed E-state index contributed by atoms with van der Waals surface area (Å²) in [5.74, 6) is -1.16. The van der Waals surface area contributed by atoms with Gasteiger partial charge in [-0.05, 0) is 38.6 Å². The van der Waals surface area contributed by atoms with Crippen molar-refractivity contribution in [1.82, 2.24) is 5.32 Å². The van der Waals surface area contributed by atoms with Crippen LogP contribution in [0.2, 0.25) is 0 Å². The summed E-state index contributed by atoms with van der Waals surface area (Å²) in [5, 5.41) is 11.3. The van der Waals surface area contributed by atoms with E-state index in [1.165, 1.54) is 0 Å². The number of carbonyl (C=O) groups excluding carboxylic acids is 1. The van der Waals surface area contributed by atoms with Crippen LogP contribution in [0.5, 0.6) is 0 Å². The largest absolute Gasteiger partial charge is 0.480 e. The predicted octanol–water partition coefficient (Wildman–Crippen LogP) is -0.859. The van der Waals surface area contributed by atoms with E-state index in [9.17, 15) is 9.59 Å². The van der Waals surface area contributed by atoms with Crippen LogP contribution in [0.1, 0.15) is 38.5 Å². The van der Waals surface area contributed by atoms with Crippen LogP contribution in [0.3, 0.4) is 0 Å². The minimum absolute atomic E-state index is 0.167. The zero-order chi connectivity index (χ0) is 14.7. The van der Waals surface area contributed by atoms with Gasteiger partial charge in [0.05, 0.1) is 6.04 Å². The molecule has 0 saturated heterocycles. The molecule has 0 radical (unpaired) electrons. The zero-order valence-electron chi connectivity index (χ0n) is 11.3. The number of carboxylic acid groups (broad SMARTS) is 1. The molecule has 0 saturated carbocycles. The Hall–Kier alpha value is -1.18. The van der Waals surface area contributed by atoms with E-state index >= 15 is 0 Å². The van der Waals surface area contributed by atoms with Gasteiger partial charge in [0.2, 0.25) is 5.91 Å². The Balaban J connectivity index is 3.54. The van der Waals surface area contributed by atoms with Gasteiger partial charge in [0.25, 0.3) is 0 Å². The molecule has 7 heteroatoms. The van der Waals surface area contributed by atoms with Gasteiger partial charge in [-0.15, -0.1) is 0 Å². The Kier molecular flexibility index (Phi) is 10.1. The molecule has 0 aromatic rings. The Morgan fingerprint density at radius 1 is 1.00 bits per heavy atom. The van der Waals surface area contributed by atoms with Crippen molar-refractivity contribution >= 4 is 11.9 Å². The summed E-state index contributed by atoms with van der Waals surface area (Å²) >= 11 is 0. The Morgan fingerprint density at radius 3 is 2.16 bits per heavy atom. The molecule has 0 aliphatic heterocycles. The summed E-state index contributed by atoms with van der Waals surface area (Å²) in [6.07, 6.45) is 4.12. The van der Waals surface area contributed by atoms with Gasteiger partial charge in [-0.1, -0.05) is 6.42 Å². The van der Waals surface area contributed by atoms with E-state index in [0.717, 1.165) is 12.8 Å². The number of rotatable bonds is 11. The van der Waals surface area contributed by atoms with Gasteiger partial charge in [-0.25, -0.2) is 0 Å². The average Bonchev–Trinajstić information content (AvgIpc) is 2.37. The fourth-order valence-corrected chi connectivity index (χ4v) is 1.60. The third-order valence-electron chi connectivity index (χ3n) is 2.86. The molecule has 2 unspecified atom stereocenters. The summed E-state index contributed by atoms with van der Waals surface area (Å²) < 4.78 is 0. The highest BCUT2D eigenvalue weighted by molar-refractivity contribution is 5.81. The molecule has 2 atom stereocenters. The second kappa shape index (κ2) is 10.7. The molecule has 0 rings (SSSR count). The minimum Gasteiger partial charge on any atom is -0.480 e. The van der Waals surface area contributed by atoms with Crippen LogP contribution in [-0.2, 0) is 9.59 Å². The molecule has 0 heterocycles. The predicted molar refractivity (Wildman–Crippen MR) is 73.4 cm³/mol. The van der Waals surface area contributed by atoms with Crippen LogP contribution in [0.4, 0.5) is 0 Å². The number of carbonyl (C=O) groups is 2. The van der Waals surface area contributed by atoms with Gasteiger partial charge >= 0.3 is 5.97 Å². The van der Waals surface area contributed by atoms with E-state index in [2.05, 4.69) is 5.32 Å². The Morgan fingerprint density at radius 2 is 1.58 bits per heavy atom. The molecule has 0 fully saturated rings. The molecule has 0 aromatic heterocycles. The molecule has 8 N–H and O–H groups in total. The van der Waals surface area contributed by atoms with E-state index < -0.39 is 18.1 Å². The van der Waals surface area contributed by atoms with E-state index in [1.807, 2.05) is 0 Å². The minimum atomic E-state index is -0.994. The molecule has 19 heavy (non-hydrogen) atoms. The van der Waals surface area contributed by atoms with Crippen LogP contribution < -0.4 is 22.5 Å². The van der Waals surface area contributed by atoms with Gasteiger partial charge in [-0.2, -0.15) is 0 Å². The number of aliphatic carboxylic acids is 1. The van der Waals surface area contributed by atoms with Gasteiger partial charge < -0.3 is 27.6 Å². The maximum atomic E-state index is 11.6. The molecule has 0 aliphatic carbocycles. The highest BCUT2D eigenvalue weighted by Gasteiger charge is 2.13. The Labute approximate surface area is 113 Å². The highest BCUT2D eigenvalue weighted by atomic mass is 16.4. The van der Waals surface area contributed by atoms with Crippen LogP contribution in [0, 0.1) is 0 Å². The van der Waals surface area contributed by atoms with Crippen molar-refractivity contribution in [3.8, 4) is 0 Å². The monoisotopic (exact) mass is 274 g/mol. The molecular formula is C12H26N4O3. The topological polar surface area (TPSA) is 144 Å². The maximum Gasteiger partial charge on any atom is 0.320 e. The first-order valence-electron chi connectivity index (χ1n) is 6.70. The lowest BCUT2D eigenvalue weighted by Gasteiger charge is -2.12. The smallest absolute Gasteiger partial charge is 0.320 e. The quantitative estimate of drug-likeness (QED) is 0.310. The van der Waals surface area contributed by atoms with Crippen molar-refractivity contribution in [3.63, 3.8) is 0 Å². The first-order chi connectivity index (χ1) is 8.99. The van der Waals surface area contributed by atoms with Crippen molar-refractivity contribution < 1.29 is 14.7 Å². The average molecular weight is 274 g/mol. The number of unbranched alkanes of at least 4 members (excludes halogenated alkanes) is 2. The lowest BCUT2D eigenvalue weighted by Crippen LogP contribution is -2.41. The number of carboxylic acids is 1. The number of hydrogen-bond donors (Lipinski definition) is 5. The molecule has 0 spiro atoms. The summed E-state index contributed by atoms with van der Waals surface area (Å²) in [6, 6.07) is -1.32. The molecule has 0 bridgehead atoms. The number of nitrogens with one attached hydrogen (secondary N) is 1. The van der Waals surface area contributed by atoms with Crippen molar-refractivity contribution in [2.24, 2.45) is 17.2 Å². The molecule has 7 nitrogen and oxygen atoms in total. The Bertz CT molecular complexity index is 274. The molecule has 0 aromatic carbocycles. The van der Waals surface area contributed by atoms with Crippen LogP contribution in [-0.4, -0.2) is 42.2 Å². The lowest BCUT2D eigenvalue weighted by molar-refractivity contribution is -0.138. The fraction of sp³-hybridized carbons (Fsp3) is 0.833. The summed E-state index contributed by atoms with van der Waals surface area (Å²) in [4.78, 5) is 22.0. The molecule has 0 aliphatic rings. The number of hydrogen-bond acceptors (Lipinski definition) is 5. The number of amides is 1. The van der Waals surface area contributed by atoms with E-state index in [-0.39, 0.29) is 5.91 Å². The fourth-order valence-electron chi connectivity index (χ4n) is 1.60. The van der Waals surface area contributed by atoms with Crippen molar-refractivity contribution in [2.75, 3.05) is 13.1 Å². The summed E-state index contributed by atoms with van der Waals surface area (Å²) in [5.41, 5.74) is 16.4. The van der Waals surface area contributed by atoms with Crippen LogP contribution in [0.25, 0.3) is 0 Å². The zero-order valence-corrected chi connectivity index (χ0v) is 11.3. The molecule has 112 valence electrons. The normalized spacial score (nSPS) is 13.8. The van der Waals surface area contributed by atoms with Crippen molar-refractivity contribution in [1.29, 1.82) is 0 Å². The van der Waals surface area contributed by atoms with Crippen molar-refractivity contribution in [3.05, 3.63) is 0 Å². The maximum absolute atomic E-state index is 11.6. The van der Waals surface area contributed by atoms with Crippen molar-refractivity contribution in [2.45, 2.75) is 50.6 Å². The third-order valence-corrected chi connectivity index (χ3v) is 2.86. The van der Waals surface area contributed by atoms with E-state index in [1.54, 1.807) is 0 Å². The van der Waals surface area contributed by atoms with E-state index in [4.69, 9.17) is 22.3 Å².